The van der Waals surface area contributed by atoms with Crippen LogP contribution in [-0.4, -0.2) is 45.2 Å². The van der Waals surface area contributed by atoms with Crippen molar-refractivity contribution in [3.8, 4) is 0 Å². The molecule has 0 bridgehead atoms. The van der Waals surface area contributed by atoms with Crippen molar-refractivity contribution in [1.82, 2.24) is 14.5 Å². The Labute approximate surface area is 101 Å². The molecule has 1 aromatic rings. The number of likely N-dealkylation sites (tertiary alicyclic amines) is 1. The lowest BCUT2D eigenvalue weighted by Crippen LogP contribution is -2.27. The first-order valence-electron chi connectivity index (χ1n) is 6.01. The fraction of sp³-hybridized carbons (Fsp3) is 0.667. The van der Waals surface area contributed by atoms with E-state index in [1.165, 1.54) is 0 Å². The van der Waals surface area contributed by atoms with Gasteiger partial charge in [-0.2, -0.15) is 0 Å². The van der Waals surface area contributed by atoms with Crippen LogP contribution in [0.3, 0.4) is 0 Å². The fourth-order valence-corrected chi connectivity index (χ4v) is 2.46. The predicted molar refractivity (Wildman–Crippen MR) is 63.7 cm³/mol. The van der Waals surface area contributed by atoms with Crippen molar-refractivity contribution in [2.75, 3.05) is 19.6 Å². The summed E-state index contributed by atoms with van der Waals surface area (Å²) in [5.74, 6) is 0.376. The van der Waals surface area contributed by atoms with Gasteiger partial charge in [-0.3, -0.25) is 4.79 Å². The molecule has 0 unspecified atom stereocenters. The highest BCUT2D eigenvalue weighted by atomic mass is 16.4. The summed E-state index contributed by atoms with van der Waals surface area (Å²) >= 11 is 0. The van der Waals surface area contributed by atoms with E-state index in [2.05, 4.69) is 14.5 Å². The lowest BCUT2D eigenvalue weighted by atomic mass is 9.99. The van der Waals surface area contributed by atoms with Gasteiger partial charge in [-0.25, -0.2) is 4.98 Å². The summed E-state index contributed by atoms with van der Waals surface area (Å²) < 4.78 is 2.10. The number of imidazole rings is 1. The van der Waals surface area contributed by atoms with E-state index in [-0.39, 0.29) is 11.8 Å². The van der Waals surface area contributed by atoms with E-state index in [1.807, 2.05) is 20.0 Å². The number of carboxylic acids is 1. The molecule has 1 aromatic heterocycles. The van der Waals surface area contributed by atoms with Crippen LogP contribution in [-0.2, 0) is 11.3 Å². The summed E-state index contributed by atoms with van der Waals surface area (Å²) in [7, 11) is 0. The Morgan fingerprint density at radius 2 is 2.29 bits per heavy atom. The molecule has 2 heterocycles. The van der Waals surface area contributed by atoms with E-state index in [0.717, 1.165) is 25.5 Å². The van der Waals surface area contributed by atoms with Gasteiger partial charge in [-0.1, -0.05) is 6.92 Å². The molecule has 1 saturated heterocycles. The van der Waals surface area contributed by atoms with Gasteiger partial charge in [0, 0.05) is 38.6 Å². The first-order chi connectivity index (χ1) is 8.08. The number of aromatic nitrogens is 2. The standard InChI is InChI=1S/C12H19N3O2/c1-9-7-14(8-11(9)12(16)17)5-6-15-4-3-13-10(15)2/h3-4,9,11H,5-8H2,1-2H3,(H,16,17)/t9-,11-/m1/s1. The minimum absolute atomic E-state index is 0.209. The fourth-order valence-electron chi connectivity index (χ4n) is 2.46. The number of hydrogen-bond donors (Lipinski definition) is 1. The van der Waals surface area contributed by atoms with Gasteiger partial charge < -0.3 is 14.6 Å². The number of hydrogen-bond acceptors (Lipinski definition) is 3. The van der Waals surface area contributed by atoms with Gasteiger partial charge in [-0.05, 0) is 12.8 Å². The third-order valence-electron chi connectivity index (χ3n) is 3.59. The first kappa shape index (κ1) is 12.1. The van der Waals surface area contributed by atoms with E-state index in [9.17, 15) is 4.79 Å². The number of nitrogens with zero attached hydrogens (tertiary/aromatic N) is 3. The maximum atomic E-state index is 11.0. The van der Waals surface area contributed by atoms with Crippen LogP contribution in [0.4, 0.5) is 0 Å². The van der Waals surface area contributed by atoms with E-state index in [1.54, 1.807) is 6.20 Å². The summed E-state index contributed by atoms with van der Waals surface area (Å²) in [6, 6.07) is 0. The molecule has 0 aliphatic carbocycles. The van der Waals surface area contributed by atoms with Crippen molar-refractivity contribution < 1.29 is 9.90 Å². The highest BCUT2D eigenvalue weighted by Gasteiger charge is 2.34. The third kappa shape index (κ3) is 2.66. The van der Waals surface area contributed by atoms with Gasteiger partial charge in [0.1, 0.15) is 5.82 Å². The summed E-state index contributed by atoms with van der Waals surface area (Å²) in [6.07, 6.45) is 3.76. The van der Waals surface area contributed by atoms with Gasteiger partial charge in [-0.15, -0.1) is 0 Å². The number of carboxylic acid groups (broad SMARTS) is 1. The molecule has 1 aliphatic rings. The van der Waals surface area contributed by atoms with E-state index < -0.39 is 5.97 Å². The number of rotatable bonds is 4. The SMILES string of the molecule is Cc1nccn1CCN1C[C@@H](C)[C@H](C(=O)O)C1. The molecule has 5 heteroatoms. The van der Waals surface area contributed by atoms with Gasteiger partial charge >= 0.3 is 5.97 Å². The molecule has 2 rings (SSSR count). The minimum atomic E-state index is -0.668. The number of aliphatic carboxylic acids is 1. The molecule has 94 valence electrons. The summed E-state index contributed by atoms with van der Waals surface area (Å²) in [6.45, 7) is 7.32. The topological polar surface area (TPSA) is 58.4 Å². The van der Waals surface area contributed by atoms with Gasteiger partial charge in [0.25, 0.3) is 0 Å². The van der Waals surface area contributed by atoms with Crippen LogP contribution < -0.4 is 0 Å². The van der Waals surface area contributed by atoms with Crippen LogP contribution in [0.25, 0.3) is 0 Å². The molecule has 5 nitrogen and oxygen atoms in total. The summed E-state index contributed by atoms with van der Waals surface area (Å²) in [5, 5.41) is 9.06. The Hall–Kier alpha value is -1.36. The molecule has 0 radical (unpaired) electrons. The van der Waals surface area contributed by atoms with E-state index in [4.69, 9.17) is 5.11 Å². The van der Waals surface area contributed by atoms with Crippen LogP contribution >= 0.6 is 0 Å². The zero-order chi connectivity index (χ0) is 12.4. The Kier molecular flexibility index (Phi) is 3.47. The van der Waals surface area contributed by atoms with Crippen molar-refractivity contribution in [2.45, 2.75) is 20.4 Å². The van der Waals surface area contributed by atoms with Crippen molar-refractivity contribution in [3.63, 3.8) is 0 Å². The van der Waals surface area contributed by atoms with Crippen molar-refractivity contribution >= 4 is 5.97 Å². The molecule has 1 N–H and O–H groups in total. The molecule has 0 aromatic carbocycles. The van der Waals surface area contributed by atoms with Crippen LogP contribution in [0.5, 0.6) is 0 Å². The second-order valence-electron chi connectivity index (χ2n) is 4.85. The molecule has 17 heavy (non-hydrogen) atoms. The quantitative estimate of drug-likeness (QED) is 0.843. The Morgan fingerprint density at radius 1 is 1.53 bits per heavy atom. The lowest BCUT2D eigenvalue weighted by Gasteiger charge is -2.15. The average molecular weight is 237 g/mol. The second-order valence-corrected chi connectivity index (χ2v) is 4.85. The predicted octanol–water partition coefficient (Wildman–Crippen LogP) is 0.844. The Morgan fingerprint density at radius 3 is 2.82 bits per heavy atom. The van der Waals surface area contributed by atoms with Crippen LogP contribution in [0, 0.1) is 18.8 Å². The Balaban J connectivity index is 1.86. The Bertz CT molecular complexity index is 402. The van der Waals surface area contributed by atoms with Gasteiger partial charge in [0.2, 0.25) is 0 Å². The lowest BCUT2D eigenvalue weighted by molar-refractivity contribution is -0.142. The van der Waals surface area contributed by atoms with E-state index >= 15 is 0 Å². The summed E-state index contributed by atoms with van der Waals surface area (Å²) in [5.41, 5.74) is 0. The molecule has 2 atom stereocenters. The number of carbonyl (C=O) groups is 1. The molecular formula is C12H19N3O2. The monoisotopic (exact) mass is 237 g/mol. The second kappa shape index (κ2) is 4.87. The molecule has 1 aliphatic heterocycles. The molecular weight excluding hydrogens is 218 g/mol. The molecule has 1 fully saturated rings. The van der Waals surface area contributed by atoms with Crippen molar-refractivity contribution in [2.24, 2.45) is 11.8 Å². The minimum Gasteiger partial charge on any atom is -0.481 e. The third-order valence-corrected chi connectivity index (χ3v) is 3.59. The van der Waals surface area contributed by atoms with E-state index in [0.29, 0.717) is 6.54 Å². The maximum Gasteiger partial charge on any atom is 0.308 e. The van der Waals surface area contributed by atoms with Crippen LogP contribution in [0.2, 0.25) is 0 Å². The normalized spacial score (nSPS) is 25.3. The zero-order valence-electron chi connectivity index (χ0n) is 10.3. The average Bonchev–Trinajstić information content (AvgIpc) is 2.82. The number of aryl methyl sites for hydroxylation is 1. The highest BCUT2D eigenvalue weighted by molar-refractivity contribution is 5.71. The largest absolute Gasteiger partial charge is 0.481 e. The van der Waals surface area contributed by atoms with Gasteiger partial charge in [0.15, 0.2) is 0 Å². The summed E-state index contributed by atoms with van der Waals surface area (Å²) in [4.78, 5) is 17.4. The molecule has 0 saturated carbocycles. The first-order valence-corrected chi connectivity index (χ1v) is 6.01. The van der Waals surface area contributed by atoms with Crippen LogP contribution in [0.1, 0.15) is 12.7 Å². The van der Waals surface area contributed by atoms with Crippen molar-refractivity contribution in [3.05, 3.63) is 18.2 Å². The smallest absolute Gasteiger partial charge is 0.308 e. The highest BCUT2D eigenvalue weighted by Crippen LogP contribution is 2.22. The zero-order valence-corrected chi connectivity index (χ0v) is 10.3. The van der Waals surface area contributed by atoms with Crippen LogP contribution in [0.15, 0.2) is 12.4 Å². The van der Waals surface area contributed by atoms with Gasteiger partial charge in [0.05, 0.1) is 5.92 Å². The molecule has 0 spiro atoms. The van der Waals surface area contributed by atoms with Crippen molar-refractivity contribution in [1.29, 1.82) is 0 Å². The molecule has 0 amide bonds. The maximum absolute atomic E-state index is 11.0.